The minimum atomic E-state index is 0.206. The van der Waals surface area contributed by atoms with Crippen LogP contribution in [-0.4, -0.2) is 17.5 Å². The van der Waals surface area contributed by atoms with Crippen LogP contribution < -0.4 is 0 Å². The molecule has 0 aliphatic carbocycles. The standard InChI is InChI=1S/C20H31N/c1-8-12-15-13-14-21-17(10-3)19(5,6)20(7,11-4)18(21)16(15)9-2/h8-9,12,17H,1-2,10-11,13-14H2,3-7H3/b15-12+. The second-order valence-electron chi connectivity index (χ2n) is 7.17. The topological polar surface area (TPSA) is 3.24 Å². The van der Waals surface area contributed by atoms with E-state index in [-0.39, 0.29) is 10.8 Å². The van der Waals surface area contributed by atoms with Crippen molar-refractivity contribution in [3.63, 3.8) is 0 Å². The Morgan fingerprint density at radius 2 is 1.90 bits per heavy atom. The van der Waals surface area contributed by atoms with Crippen LogP contribution >= 0.6 is 0 Å². The van der Waals surface area contributed by atoms with Crippen LogP contribution in [-0.2, 0) is 0 Å². The molecule has 0 spiro atoms. The molecule has 0 radical (unpaired) electrons. The fourth-order valence-corrected chi connectivity index (χ4v) is 4.68. The molecule has 2 aliphatic heterocycles. The van der Waals surface area contributed by atoms with Crippen LogP contribution in [0, 0.1) is 10.8 Å². The summed E-state index contributed by atoms with van der Waals surface area (Å²) in [5, 5.41) is 0. The van der Waals surface area contributed by atoms with Crippen molar-refractivity contribution in [1.29, 1.82) is 0 Å². The zero-order valence-corrected chi connectivity index (χ0v) is 14.5. The van der Waals surface area contributed by atoms with E-state index in [0.717, 1.165) is 13.0 Å². The van der Waals surface area contributed by atoms with Crippen LogP contribution in [0.4, 0.5) is 0 Å². The Labute approximate surface area is 131 Å². The van der Waals surface area contributed by atoms with E-state index in [1.807, 2.05) is 6.08 Å². The van der Waals surface area contributed by atoms with Crippen LogP contribution in [0.5, 0.6) is 0 Å². The minimum Gasteiger partial charge on any atom is -0.370 e. The number of hydrogen-bond acceptors (Lipinski definition) is 1. The van der Waals surface area contributed by atoms with Crippen LogP contribution in [0.3, 0.4) is 0 Å². The summed E-state index contributed by atoms with van der Waals surface area (Å²) in [5.41, 5.74) is 4.77. The third-order valence-corrected chi connectivity index (χ3v) is 6.28. The highest BCUT2D eigenvalue weighted by Gasteiger charge is 2.58. The van der Waals surface area contributed by atoms with Crippen molar-refractivity contribution in [3.8, 4) is 0 Å². The molecule has 0 bridgehead atoms. The molecule has 1 nitrogen and oxygen atoms in total. The lowest BCUT2D eigenvalue weighted by Crippen LogP contribution is -2.39. The molecule has 0 aromatic carbocycles. The average Bonchev–Trinajstić information content (AvgIpc) is 2.64. The highest BCUT2D eigenvalue weighted by molar-refractivity contribution is 5.50. The first-order valence-corrected chi connectivity index (χ1v) is 8.34. The van der Waals surface area contributed by atoms with Crippen molar-refractivity contribution in [3.05, 3.63) is 48.2 Å². The maximum atomic E-state index is 4.12. The molecule has 0 saturated carbocycles. The molecule has 0 aromatic rings. The molecule has 1 saturated heterocycles. The first-order chi connectivity index (χ1) is 9.88. The summed E-state index contributed by atoms with van der Waals surface area (Å²) in [5.74, 6) is 0. The Hall–Kier alpha value is -1.24. The van der Waals surface area contributed by atoms with Gasteiger partial charge in [0, 0.05) is 23.7 Å². The number of fused-ring (bicyclic) bond motifs is 1. The summed E-state index contributed by atoms with van der Waals surface area (Å²) in [6.45, 7) is 21.1. The third kappa shape index (κ3) is 2.05. The second kappa shape index (κ2) is 5.51. The minimum absolute atomic E-state index is 0.206. The molecule has 21 heavy (non-hydrogen) atoms. The summed E-state index contributed by atoms with van der Waals surface area (Å²) in [6, 6.07) is 0.623. The zero-order chi connectivity index (χ0) is 15.8. The lowest BCUT2D eigenvalue weighted by Gasteiger charge is -2.40. The fraction of sp³-hybridized carbons (Fsp3) is 0.600. The maximum Gasteiger partial charge on any atom is 0.0344 e. The molecule has 2 rings (SSSR count). The van der Waals surface area contributed by atoms with Crippen molar-refractivity contribution in [2.45, 2.75) is 59.9 Å². The van der Waals surface area contributed by atoms with Crippen LogP contribution in [0.25, 0.3) is 0 Å². The Morgan fingerprint density at radius 1 is 1.24 bits per heavy atom. The fourth-order valence-electron chi connectivity index (χ4n) is 4.68. The Bertz CT molecular complexity index is 506. The van der Waals surface area contributed by atoms with Crippen molar-refractivity contribution in [1.82, 2.24) is 4.90 Å². The van der Waals surface area contributed by atoms with Crippen molar-refractivity contribution >= 4 is 0 Å². The highest BCUT2D eigenvalue weighted by Crippen LogP contribution is 2.61. The van der Waals surface area contributed by atoms with Gasteiger partial charge in [-0.1, -0.05) is 66.0 Å². The van der Waals surface area contributed by atoms with E-state index in [4.69, 9.17) is 0 Å². The summed E-state index contributed by atoms with van der Waals surface area (Å²) < 4.78 is 0. The summed E-state index contributed by atoms with van der Waals surface area (Å²) >= 11 is 0. The van der Waals surface area contributed by atoms with Gasteiger partial charge in [-0.05, 0) is 35.8 Å². The van der Waals surface area contributed by atoms with Gasteiger partial charge in [-0.15, -0.1) is 0 Å². The average molecular weight is 285 g/mol. The highest BCUT2D eigenvalue weighted by atomic mass is 15.2. The second-order valence-corrected chi connectivity index (χ2v) is 7.17. The van der Waals surface area contributed by atoms with Gasteiger partial charge in [0.05, 0.1) is 0 Å². The third-order valence-electron chi connectivity index (χ3n) is 6.28. The number of rotatable bonds is 4. The van der Waals surface area contributed by atoms with E-state index in [1.54, 1.807) is 0 Å². The van der Waals surface area contributed by atoms with Crippen LogP contribution in [0.2, 0.25) is 0 Å². The molecule has 2 heterocycles. The van der Waals surface area contributed by atoms with Gasteiger partial charge in [0.2, 0.25) is 0 Å². The van der Waals surface area contributed by atoms with Gasteiger partial charge in [-0.3, -0.25) is 0 Å². The van der Waals surface area contributed by atoms with Crippen molar-refractivity contribution < 1.29 is 0 Å². The van der Waals surface area contributed by atoms with E-state index in [0.29, 0.717) is 6.04 Å². The van der Waals surface area contributed by atoms with Crippen molar-refractivity contribution in [2.75, 3.05) is 6.54 Å². The maximum absolute atomic E-state index is 4.12. The van der Waals surface area contributed by atoms with E-state index < -0.39 is 0 Å². The quantitative estimate of drug-likeness (QED) is 0.661. The molecule has 0 amide bonds. The first kappa shape index (κ1) is 16.1. The zero-order valence-electron chi connectivity index (χ0n) is 14.5. The number of allylic oxidation sites excluding steroid dienone is 5. The van der Waals surface area contributed by atoms with E-state index in [9.17, 15) is 0 Å². The first-order valence-electron chi connectivity index (χ1n) is 8.34. The predicted molar refractivity (Wildman–Crippen MR) is 93.1 cm³/mol. The monoisotopic (exact) mass is 285 g/mol. The number of hydrogen-bond donors (Lipinski definition) is 0. The van der Waals surface area contributed by atoms with Gasteiger partial charge >= 0.3 is 0 Å². The van der Waals surface area contributed by atoms with Gasteiger partial charge in [-0.2, -0.15) is 0 Å². The van der Waals surface area contributed by atoms with E-state index >= 15 is 0 Å². The summed E-state index contributed by atoms with van der Waals surface area (Å²) in [6.07, 6.45) is 9.62. The molecule has 1 fully saturated rings. The Kier molecular flexibility index (Phi) is 4.24. The molecule has 1 heteroatoms. The van der Waals surface area contributed by atoms with Crippen LogP contribution in [0.15, 0.2) is 48.2 Å². The van der Waals surface area contributed by atoms with Gasteiger partial charge in [0.15, 0.2) is 0 Å². The molecule has 2 atom stereocenters. The van der Waals surface area contributed by atoms with E-state index in [2.05, 4.69) is 64.8 Å². The molecular formula is C20H31N. The number of nitrogens with zero attached hydrogens (tertiary/aromatic N) is 1. The normalized spacial score (nSPS) is 33.3. The SMILES string of the molecule is C=C/C=C1\CCN2C(=C1C=C)C(C)(CC)C(C)(C)C2CC. The van der Waals surface area contributed by atoms with Crippen molar-refractivity contribution in [2.24, 2.45) is 10.8 Å². The largest absolute Gasteiger partial charge is 0.370 e. The Balaban J connectivity index is 2.73. The van der Waals surface area contributed by atoms with E-state index in [1.165, 1.54) is 29.7 Å². The molecular weight excluding hydrogens is 254 g/mol. The van der Waals surface area contributed by atoms with Gasteiger partial charge in [0.1, 0.15) is 0 Å². The molecule has 2 unspecified atom stereocenters. The van der Waals surface area contributed by atoms with Gasteiger partial charge < -0.3 is 4.90 Å². The molecule has 0 N–H and O–H groups in total. The molecule has 2 aliphatic rings. The molecule has 116 valence electrons. The lowest BCUT2D eigenvalue weighted by molar-refractivity contribution is 0.114. The predicted octanol–water partition coefficient (Wildman–Crippen LogP) is 5.48. The van der Waals surface area contributed by atoms with Crippen LogP contribution in [0.1, 0.15) is 53.9 Å². The summed E-state index contributed by atoms with van der Waals surface area (Å²) in [4.78, 5) is 2.68. The summed E-state index contributed by atoms with van der Waals surface area (Å²) in [7, 11) is 0. The smallest absolute Gasteiger partial charge is 0.0344 e. The Morgan fingerprint density at radius 3 is 2.38 bits per heavy atom. The van der Waals surface area contributed by atoms with Gasteiger partial charge in [0.25, 0.3) is 0 Å². The molecule has 0 aromatic heterocycles. The van der Waals surface area contributed by atoms with Gasteiger partial charge in [-0.25, -0.2) is 0 Å². The lowest BCUT2D eigenvalue weighted by atomic mass is 9.62.